The molecule has 7 heteroatoms. The number of carbonyl (C=O) groups is 2. The van der Waals surface area contributed by atoms with E-state index >= 15 is 0 Å². The van der Waals surface area contributed by atoms with Gasteiger partial charge in [-0.1, -0.05) is 41.9 Å². The normalized spacial score (nSPS) is 10.1. The second-order valence-electron chi connectivity index (χ2n) is 5.99. The Bertz CT molecular complexity index is 962. The van der Waals surface area contributed by atoms with Crippen LogP contribution < -0.4 is 15.4 Å². The van der Waals surface area contributed by atoms with Crippen molar-refractivity contribution in [1.29, 1.82) is 0 Å². The molecule has 0 saturated heterocycles. The summed E-state index contributed by atoms with van der Waals surface area (Å²) in [5, 5.41) is 6.22. The highest BCUT2D eigenvalue weighted by Gasteiger charge is 2.10. The molecule has 0 spiro atoms. The second kappa shape index (κ2) is 10.1. The van der Waals surface area contributed by atoms with E-state index in [9.17, 15) is 9.59 Å². The van der Waals surface area contributed by atoms with Gasteiger partial charge in [0.1, 0.15) is 5.75 Å². The van der Waals surface area contributed by atoms with Gasteiger partial charge in [0.2, 0.25) is 0 Å². The summed E-state index contributed by atoms with van der Waals surface area (Å²) in [4.78, 5) is 23.6. The summed E-state index contributed by atoms with van der Waals surface area (Å²) in [5.74, 6) is -0.616. The average Bonchev–Trinajstić information content (AvgIpc) is 2.74. The molecule has 3 aromatic rings. The van der Waals surface area contributed by atoms with Crippen molar-refractivity contribution < 1.29 is 19.1 Å². The Kier molecular flexibility index (Phi) is 7.08. The van der Waals surface area contributed by atoms with E-state index in [4.69, 9.17) is 21.1 Å². The molecular formula is C22H19ClN2O4. The van der Waals surface area contributed by atoms with Gasteiger partial charge < -0.3 is 20.1 Å². The maximum absolute atomic E-state index is 11.8. The lowest BCUT2D eigenvalue weighted by atomic mass is 10.2. The van der Waals surface area contributed by atoms with Crippen LogP contribution in [-0.4, -0.2) is 25.1 Å². The number of hydrogen-bond acceptors (Lipinski definition) is 5. The first kappa shape index (κ1) is 20.2. The highest BCUT2D eigenvalue weighted by molar-refractivity contribution is 6.33. The first-order valence-electron chi connectivity index (χ1n) is 8.85. The van der Waals surface area contributed by atoms with Gasteiger partial charge >= 0.3 is 5.97 Å². The Hall–Kier alpha value is -3.51. The van der Waals surface area contributed by atoms with Crippen LogP contribution in [0.25, 0.3) is 0 Å². The van der Waals surface area contributed by atoms with Crippen LogP contribution in [0.3, 0.4) is 0 Å². The van der Waals surface area contributed by atoms with E-state index in [1.807, 2.05) is 42.5 Å². The van der Waals surface area contributed by atoms with Crippen LogP contribution >= 0.6 is 11.6 Å². The van der Waals surface area contributed by atoms with Crippen LogP contribution in [-0.2, 0) is 14.3 Å². The Labute approximate surface area is 173 Å². The molecule has 0 bridgehead atoms. The zero-order valence-electron chi connectivity index (χ0n) is 15.4. The third-order valence-corrected chi connectivity index (χ3v) is 4.12. The summed E-state index contributed by atoms with van der Waals surface area (Å²) in [6.07, 6.45) is 0. The van der Waals surface area contributed by atoms with Crippen LogP contribution in [0.4, 0.5) is 17.1 Å². The number of esters is 1. The van der Waals surface area contributed by atoms with Gasteiger partial charge in [-0.05, 0) is 48.5 Å². The van der Waals surface area contributed by atoms with E-state index in [-0.39, 0.29) is 6.61 Å². The topological polar surface area (TPSA) is 76.7 Å². The van der Waals surface area contributed by atoms with Gasteiger partial charge in [-0.15, -0.1) is 0 Å². The number of ether oxygens (including phenoxy) is 2. The fraction of sp³-hybridized carbons (Fsp3) is 0.0909. The molecule has 2 N–H and O–H groups in total. The standard InChI is InChI=1S/C22H19ClN2O4/c23-19-8-4-5-9-20(19)25-21(26)14-29-22(27)15-28-18-12-10-17(11-13-18)24-16-6-2-1-3-7-16/h1-13,24H,14-15H2,(H,25,26). The second-order valence-corrected chi connectivity index (χ2v) is 6.40. The minimum Gasteiger partial charge on any atom is -0.482 e. The molecule has 0 aliphatic heterocycles. The molecule has 3 rings (SSSR count). The highest BCUT2D eigenvalue weighted by Crippen LogP contribution is 2.21. The molecule has 0 aromatic heterocycles. The largest absolute Gasteiger partial charge is 0.482 e. The van der Waals surface area contributed by atoms with E-state index in [0.29, 0.717) is 16.5 Å². The van der Waals surface area contributed by atoms with Gasteiger partial charge in [-0.3, -0.25) is 4.79 Å². The van der Waals surface area contributed by atoms with Crippen LogP contribution in [0.15, 0.2) is 78.9 Å². The number of carbonyl (C=O) groups excluding carboxylic acids is 2. The lowest BCUT2D eigenvalue weighted by molar-refractivity contribution is -0.149. The monoisotopic (exact) mass is 410 g/mol. The number of halogens is 1. The quantitative estimate of drug-likeness (QED) is 0.529. The van der Waals surface area contributed by atoms with Gasteiger partial charge in [0.15, 0.2) is 13.2 Å². The van der Waals surface area contributed by atoms with Crippen molar-refractivity contribution in [3.63, 3.8) is 0 Å². The fourth-order valence-electron chi connectivity index (χ4n) is 2.40. The molecule has 0 aliphatic carbocycles. The molecule has 29 heavy (non-hydrogen) atoms. The van der Waals surface area contributed by atoms with E-state index in [2.05, 4.69) is 10.6 Å². The molecule has 6 nitrogen and oxygen atoms in total. The molecule has 0 atom stereocenters. The van der Waals surface area contributed by atoms with E-state index < -0.39 is 18.5 Å². The number of benzene rings is 3. The van der Waals surface area contributed by atoms with E-state index in [0.717, 1.165) is 11.4 Å². The molecule has 0 saturated carbocycles. The molecule has 0 aliphatic rings. The molecule has 0 fully saturated rings. The maximum atomic E-state index is 11.8. The molecule has 148 valence electrons. The zero-order valence-corrected chi connectivity index (χ0v) is 16.2. The molecule has 3 aromatic carbocycles. The van der Waals surface area contributed by atoms with Gasteiger partial charge in [-0.25, -0.2) is 4.79 Å². The Balaban J connectivity index is 1.40. The van der Waals surface area contributed by atoms with E-state index in [1.54, 1.807) is 36.4 Å². The van der Waals surface area contributed by atoms with Crippen LogP contribution in [0.1, 0.15) is 0 Å². The lowest BCUT2D eigenvalue weighted by Gasteiger charge is -2.10. The predicted octanol–water partition coefficient (Wildman–Crippen LogP) is 4.64. The minimum atomic E-state index is -0.647. The molecule has 0 unspecified atom stereocenters. The summed E-state index contributed by atoms with van der Waals surface area (Å²) in [7, 11) is 0. The highest BCUT2D eigenvalue weighted by atomic mass is 35.5. The number of amides is 1. The smallest absolute Gasteiger partial charge is 0.344 e. The zero-order chi connectivity index (χ0) is 20.5. The van der Waals surface area contributed by atoms with Crippen molar-refractivity contribution >= 4 is 40.5 Å². The first-order valence-corrected chi connectivity index (χ1v) is 9.23. The van der Waals surface area contributed by atoms with E-state index in [1.165, 1.54) is 0 Å². The minimum absolute atomic E-state index is 0.301. The van der Waals surface area contributed by atoms with Gasteiger partial charge in [0, 0.05) is 11.4 Å². The summed E-state index contributed by atoms with van der Waals surface area (Å²) < 4.78 is 10.3. The Morgan fingerprint density at radius 3 is 2.17 bits per heavy atom. The number of para-hydroxylation sites is 2. The summed E-state index contributed by atoms with van der Waals surface area (Å²) in [5.41, 5.74) is 2.32. The SMILES string of the molecule is O=C(COC(=O)COc1ccc(Nc2ccccc2)cc1)Nc1ccccc1Cl. The van der Waals surface area contributed by atoms with Gasteiger partial charge in [-0.2, -0.15) is 0 Å². The van der Waals surface area contributed by atoms with Gasteiger partial charge in [0.25, 0.3) is 5.91 Å². The van der Waals surface area contributed by atoms with Crippen LogP contribution in [0, 0.1) is 0 Å². The summed E-state index contributed by atoms with van der Waals surface area (Å²) >= 11 is 5.96. The Morgan fingerprint density at radius 1 is 0.793 bits per heavy atom. The molecule has 0 heterocycles. The predicted molar refractivity (Wildman–Crippen MR) is 113 cm³/mol. The maximum Gasteiger partial charge on any atom is 0.344 e. The lowest BCUT2D eigenvalue weighted by Crippen LogP contribution is -2.23. The van der Waals surface area contributed by atoms with Gasteiger partial charge in [0.05, 0.1) is 10.7 Å². The fourth-order valence-corrected chi connectivity index (χ4v) is 2.58. The molecular weight excluding hydrogens is 392 g/mol. The summed E-state index contributed by atoms with van der Waals surface area (Å²) in [6, 6.07) is 23.7. The number of anilines is 3. The van der Waals surface area contributed by atoms with Crippen LogP contribution in [0.2, 0.25) is 5.02 Å². The van der Waals surface area contributed by atoms with Crippen molar-refractivity contribution in [3.05, 3.63) is 83.9 Å². The number of nitrogens with one attached hydrogen (secondary N) is 2. The Morgan fingerprint density at radius 2 is 1.45 bits per heavy atom. The van der Waals surface area contributed by atoms with Crippen molar-refractivity contribution in [2.24, 2.45) is 0 Å². The van der Waals surface area contributed by atoms with Crippen LogP contribution in [0.5, 0.6) is 5.75 Å². The average molecular weight is 411 g/mol. The third kappa shape index (κ3) is 6.55. The van der Waals surface area contributed by atoms with Crippen molar-refractivity contribution in [2.45, 2.75) is 0 Å². The first-order chi connectivity index (χ1) is 14.1. The molecule has 0 radical (unpaired) electrons. The van der Waals surface area contributed by atoms with Crippen molar-refractivity contribution in [1.82, 2.24) is 0 Å². The summed E-state index contributed by atoms with van der Waals surface area (Å²) in [6.45, 7) is -0.724. The number of rotatable bonds is 8. The number of hydrogen-bond donors (Lipinski definition) is 2. The third-order valence-electron chi connectivity index (χ3n) is 3.79. The van der Waals surface area contributed by atoms with Crippen molar-refractivity contribution in [3.8, 4) is 5.75 Å². The molecule has 1 amide bonds. The van der Waals surface area contributed by atoms with Crippen molar-refractivity contribution in [2.75, 3.05) is 23.8 Å².